The number of aliphatic hydroxyl groups is 1. The van der Waals surface area contributed by atoms with Gasteiger partial charge in [-0.3, -0.25) is 0 Å². The van der Waals surface area contributed by atoms with Gasteiger partial charge < -0.3 is 15.2 Å². The summed E-state index contributed by atoms with van der Waals surface area (Å²) in [5.74, 6) is 0.870. The first kappa shape index (κ1) is 13.4. The number of hydrogen-bond acceptors (Lipinski definition) is 3. The fourth-order valence-corrected chi connectivity index (χ4v) is 1.67. The van der Waals surface area contributed by atoms with Crippen molar-refractivity contribution < 1.29 is 9.84 Å². The molecule has 0 aromatic heterocycles. The maximum Gasteiger partial charge on any atom is 0.119 e. The molecule has 0 unspecified atom stereocenters. The molecule has 1 aromatic carbocycles. The summed E-state index contributed by atoms with van der Waals surface area (Å²) >= 11 is 0. The molecule has 18 heavy (non-hydrogen) atoms. The highest BCUT2D eigenvalue weighted by Gasteiger charge is 2.19. The lowest BCUT2D eigenvalue weighted by Crippen LogP contribution is -2.21. The Morgan fingerprint density at radius 2 is 1.94 bits per heavy atom. The van der Waals surface area contributed by atoms with E-state index in [0.717, 1.165) is 18.3 Å². The van der Waals surface area contributed by atoms with E-state index in [0.29, 0.717) is 13.0 Å². The average Bonchev–Trinajstić information content (AvgIpc) is 3.10. The van der Waals surface area contributed by atoms with Gasteiger partial charge in [0.15, 0.2) is 0 Å². The molecule has 0 bridgehead atoms. The predicted octanol–water partition coefficient (Wildman–Crippen LogP) is 2.48. The van der Waals surface area contributed by atoms with E-state index in [2.05, 4.69) is 17.4 Å². The number of hydrogen-bond donors (Lipinski definition) is 2. The van der Waals surface area contributed by atoms with Gasteiger partial charge in [0.2, 0.25) is 0 Å². The van der Waals surface area contributed by atoms with Gasteiger partial charge in [0, 0.05) is 19.0 Å². The third kappa shape index (κ3) is 5.07. The van der Waals surface area contributed by atoms with Crippen LogP contribution in [0.5, 0.6) is 5.75 Å². The topological polar surface area (TPSA) is 41.5 Å². The molecule has 0 atom stereocenters. The summed E-state index contributed by atoms with van der Waals surface area (Å²) < 4.78 is 5.59. The van der Waals surface area contributed by atoms with Crippen molar-refractivity contribution in [3.63, 3.8) is 0 Å². The molecule has 100 valence electrons. The molecule has 1 aromatic rings. The number of benzene rings is 1. The van der Waals surface area contributed by atoms with Crippen LogP contribution in [0.2, 0.25) is 0 Å². The Labute approximate surface area is 109 Å². The van der Waals surface area contributed by atoms with Crippen LogP contribution >= 0.6 is 0 Å². The molecule has 2 N–H and O–H groups in total. The number of nitrogens with one attached hydrogen (secondary N) is 1. The smallest absolute Gasteiger partial charge is 0.119 e. The first-order chi connectivity index (χ1) is 8.53. The minimum absolute atomic E-state index is 0.545. The van der Waals surface area contributed by atoms with Crippen molar-refractivity contribution in [2.75, 3.05) is 6.61 Å². The molecule has 0 heterocycles. The third-order valence-electron chi connectivity index (χ3n) is 3.08. The first-order valence-electron chi connectivity index (χ1n) is 6.70. The van der Waals surface area contributed by atoms with Gasteiger partial charge in [0.1, 0.15) is 5.75 Å². The van der Waals surface area contributed by atoms with Crippen molar-refractivity contribution in [3.05, 3.63) is 29.8 Å². The molecule has 0 amide bonds. The second kappa shape index (κ2) is 5.72. The fraction of sp³-hybridized carbons (Fsp3) is 0.600. The van der Waals surface area contributed by atoms with Crippen LogP contribution in [0.4, 0.5) is 0 Å². The van der Waals surface area contributed by atoms with E-state index in [-0.39, 0.29) is 0 Å². The maximum absolute atomic E-state index is 9.58. The Bertz CT molecular complexity index is 363. The van der Waals surface area contributed by atoms with Crippen molar-refractivity contribution in [3.8, 4) is 5.75 Å². The molecule has 1 aliphatic rings. The maximum atomic E-state index is 9.58. The van der Waals surface area contributed by atoms with Gasteiger partial charge in [-0.2, -0.15) is 0 Å². The monoisotopic (exact) mass is 249 g/mol. The summed E-state index contributed by atoms with van der Waals surface area (Å²) in [6.45, 7) is 5.07. The van der Waals surface area contributed by atoms with Gasteiger partial charge in [-0.25, -0.2) is 0 Å². The second-order valence-corrected chi connectivity index (χ2v) is 5.71. The molecule has 2 rings (SSSR count). The Morgan fingerprint density at radius 1 is 1.28 bits per heavy atom. The van der Waals surface area contributed by atoms with Crippen LogP contribution in [0.15, 0.2) is 24.3 Å². The molecule has 0 radical (unpaired) electrons. The van der Waals surface area contributed by atoms with E-state index in [1.807, 2.05) is 12.1 Å². The molecule has 3 nitrogen and oxygen atoms in total. The van der Waals surface area contributed by atoms with E-state index in [1.165, 1.54) is 18.4 Å². The fourth-order valence-electron chi connectivity index (χ4n) is 1.67. The molecule has 1 aliphatic carbocycles. The molecule has 1 fully saturated rings. The van der Waals surface area contributed by atoms with E-state index in [9.17, 15) is 5.11 Å². The van der Waals surface area contributed by atoms with Crippen molar-refractivity contribution in [1.82, 2.24) is 5.32 Å². The SMILES string of the molecule is CC(C)(O)CCOc1ccc(CNC2CC2)cc1. The lowest BCUT2D eigenvalue weighted by molar-refractivity contribution is 0.0553. The lowest BCUT2D eigenvalue weighted by atomic mass is 10.1. The van der Waals surface area contributed by atoms with Gasteiger partial charge in [0.05, 0.1) is 12.2 Å². The quantitative estimate of drug-likeness (QED) is 0.780. The van der Waals surface area contributed by atoms with Crippen molar-refractivity contribution in [2.24, 2.45) is 0 Å². The molecule has 0 saturated heterocycles. The van der Waals surface area contributed by atoms with Crippen LogP contribution in [0.25, 0.3) is 0 Å². The normalized spacial score (nSPS) is 15.7. The predicted molar refractivity (Wildman–Crippen MR) is 72.7 cm³/mol. The van der Waals surface area contributed by atoms with E-state index in [4.69, 9.17) is 4.74 Å². The van der Waals surface area contributed by atoms with E-state index in [1.54, 1.807) is 13.8 Å². The van der Waals surface area contributed by atoms with Crippen LogP contribution < -0.4 is 10.1 Å². The summed E-state index contributed by atoms with van der Waals surface area (Å²) in [6.07, 6.45) is 3.27. The Morgan fingerprint density at radius 3 is 2.50 bits per heavy atom. The zero-order valence-corrected chi connectivity index (χ0v) is 11.3. The van der Waals surface area contributed by atoms with Gasteiger partial charge in [0.25, 0.3) is 0 Å². The van der Waals surface area contributed by atoms with Gasteiger partial charge in [-0.05, 0) is 44.4 Å². The molecular weight excluding hydrogens is 226 g/mol. The minimum atomic E-state index is -0.659. The Kier molecular flexibility index (Phi) is 4.25. The summed E-state index contributed by atoms with van der Waals surface area (Å²) in [6, 6.07) is 8.92. The zero-order valence-electron chi connectivity index (χ0n) is 11.3. The number of rotatable bonds is 7. The summed E-state index contributed by atoms with van der Waals surface area (Å²) in [5.41, 5.74) is 0.630. The third-order valence-corrected chi connectivity index (χ3v) is 3.08. The van der Waals surface area contributed by atoms with E-state index >= 15 is 0 Å². The highest BCUT2D eigenvalue weighted by molar-refractivity contribution is 5.27. The molecular formula is C15H23NO2. The van der Waals surface area contributed by atoms with Gasteiger partial charge in [-0.15, -0.1) is 0 Å². The van der Waals surface area contributed by atoms with Crippen LogP contribution in [0.1, 0.15) is 38.7 Å². The van der Waals surface area contributed by atoms with Crippen LogP contribution in [0, 0.1) is 0 Å². The van der Waals surface area contributed by atoms with Crippen molar-refractivity contribution in [1.29, 1.82) is 0 Å². The average molecular weight is 249 g/mol. The van der Waals surface area contributed by atoms with Crippen LogP contribution in [0.3, 0.4) is 0 Å². The molecule has 3 heteroatoms. The molecule has 1 saturated carbocycles. The second-order valence-electron chi connectivity index (χ2n) is 5.71. The van der Waals surface area contributed by atoms with Crippen LogP contribution in [-0.4, -0.2) is 23.4 Å². The van der Waals surface area contributed by atoms with E-state index < -0.39 is 5.60 Å². The Hall–Kier alpha value is -1.06. The highest BCUT2D eigenvalue weighted by Crippen LogP contribution is 2.20. The van der Waals surface area contributed by atoms with Gasteiger partial charge >= 0.3 is 0 Å². The van der Waals surface area contributed by atoms with Crippen molar-refractivity contribution >= 4 is 0 Å². The first-order valence-corrected chi connectivity index (χ1v) is 6.70. The standard InChI is InChI=1S/C15H23NO2/c1-15(2,17)9-10-18-14-7-3-12(4-8-14)11-16-13-5-6-13/h3-4,7-8,13,16-17H,5-6,9-11H2,1-2H3. The molecule has 0 spiro atoms. The zero-order chi connectivity index (χ0) is 13.0. The highest BCUT2D eigenvalue weighted by atomic mass is 16.5. The summed E-state index contributed by atoms with van der Waals surface area (Å²) in [4.78, 5) is 0. The minimum Gasteiger partial charge on any atom is -0.493 e. The molecule has 0 aliphatic heterocycles. The Balaban J connectivity index is 1.72. The lowest BCUT2D eigenvalue weighted by Gasteiger charge is -2.17. The number of ether oxygens (including phenoxy) is 1. The largest absolute Gasteiger partial charge is 0.493 e. The van der Waals surface area contributed by atoms with Crippen molar-refractivity contribution in [2.45, 2.75) is 51.3 Å². The summed E-state index contributed by atoms with van der Waals surface area (Å²) in [7, 11) is 0. The van der Waals surface area contributed by atoms with Crippen LogP contribution in [-0.2, 0) is 6.54 Å². The van der Waals surface area contributed by atoms with Gasteiger partial charge in [-0.1, -0.05) is 12.1 Å². The summed E-state index contributed by atoms with van der Waals surface area (Å²) in [5, 5.41) is 13.1.